The normalized spacial score (nSPS) is 17.0. The molecule has 0 aromatic heterocycles. The molecule has 33 heavy (non-hydrogen) atoms. The van der Waals surface area contributed by atoms with E-state index in [1.54, 1.807) is 49.4 Å². The minimum Gasteiger partial charge on any atom is -0.466 e. The smallest absolute Gasteiger partial charge is 0.337 e. The Kier molecular flexibility index (Phi) is 6.21. The molecule has 2 heterocycles. The van der Waals surface area contributed by atoms with Gasteiger partial charge in [-0.25, -0.2) is 9.59 Å². The molecule has 0 fully saturated rings. The van der Waals surface area contributed by atoms with E-state index in [-0.39, 0.29) is 18.7 Å². The van der Waals surface area contributed by atoms with Gasteiger partial charge in [-0.1, -0.05) is 19.1 Å². The molecular weight excluding hydrogens is 426 g/mol. The van der Waals surface area contributed by atoms with E-state index in [1.165, 1.54) is 12.0 Å². The number of anilines is 1. The molecule has 1 atom stereocenters. The lowest BCUT2D eigenvalue weighted by Gasteiger charge is -2.35. The SMILES string of the molecule is CCCN1C(=O)N[C@H](c2cccc(NC(=O)c3ccc4c(c3)OCO4)c2)C(C(=O)OC)=C1C. The van der Waals surface area contributed by atoms with Crippen molar-refractivity contribution in [1.82, 2.24) is 10.2 Å². The summed E-state index contributed by atoms with van der Waals surface area (Å²) in [6.45, 7) is 4.30. The van der Waals surface area contributed by atoms with E-state index in [0.717, 1.165) is 6.42 Å². The number of benzene rings is 2. The minimum atomic E-state index is -0.708. The van der Waals surface area contributed by atoms with Crippen molar-refractivity contribution in [2.75, 3.05) is 25.8 Å². The van der Waals surface area contributed by atoms with Crippen molar-refractivity contribution in [2.45, 2.75) is 26.3 Å². The Bertz CT molecular complexity index is 1140. The summed E-state index contributed by atoms with van der Waals surface area (Å²) in [6.07, 6.45) is 0.741. The Labute approximate surface area is 191 Å². The first-order valence-electron chi connectivity index (χ1n) is 10.6. The lowest BCUT2D eigenvalue weighted by molar-refractivity contribution is -0.136. The molecule has 2 aromatic rings. The van der Waals surface area contributed by atoms with Crippen molar-refractivity contribution in [3.05, 3.63) is 64.9 Å². The fourth-order valence-electron chi connectivity index (χ4n) is 3.94. The van der Waals surface area contributed by atoms with E-state index >= 15 is 0 Å². The van der Waals surface area contributed by atoms with Crippen LogP contribution in [0.25, 0.3) is 0 Å². The maximum Gasteiger partial charge on any atom is 0.337 e. The predicted molar refractivity (Wildman–Crippen MR) is 120 cm³/mol. The molecule has 4 rings (SSSR count). The summed E-state index contributed by atoms with van der Waals surface area (Å²) in [7, 11) is 1.31. The van der Waals surface area contributed by atoms with Crippen LogP contribution in [0.3, 0.4) is 0 Å². The molecule has 0 spiro atoms. The van der Waals surface area contributed by atoms with E-state index < -0.39 is 12.0 Å². The summed E-state index contributed by atoms with van der Waals surface area (Å²) < 4.78 is 15.6. The monoisotopic (exact) mass is 451 g/mol. The highest BCUT2D eigenvalue weighted by atomic mass is 16.7. The van der Waals surface area contributed by atoms with Gasteiger partial charge in [0.25, 0.3) is 5.91 Å². The second-order valence-corrected chi connectivity index (χ2v) is 7.67. The van der Waals surface area contributed by atoms with E-state index in [1.807, 2.05) is 6.92 Å². The molecule has 0 radical (unpaired) electrons. The number of methoxy groups -OCH3 is 1. The molecule has 2 aliphatic rings. The number of amides is 3. The average Bonchev–Trinajstić information content (AvgIpc) is 3.29. The molecule has 2 aromatic carbocycles. The van der Waals surface area contributed by atoms with Crippen molar-refractivity contribution in [3.8, 4) is 11.5 Å². The molecule has 9 nitrogen and oxygen atoms in total. The van der Waals surface area contributed by atoms with Gasteiger partial charge in [-0.3, -0.25) is 9.69 Å². The summed E-state index contributed by atoms with van der Waals surface area (Å²) in [5.74, 6) is 0.262. The fourth-order valence-corrected chi connectivity index (χ4v) is 3.94. The first-order chi connectivity index (χ1) is 15.9. The number of nitrogens with zero attached hydrogens (tertiary/aromatic N) is 1. The Morgan fingerprint density at radius 3 is 2.73 bits per heavy atom. The van der Waals surface area contributed by atoms with Gasteiger partial charge in [-0.05, 0) is 49.2 Å². The Hall–Kier alpha value is -4.01. The summed E-state index contributed by atoms with van der Waals surface area (Å²) in [4.78, 5) is 39.6. The highest BCUT2D eigenvalue weighted by Gasteiger charge is 2.36. The number of carbonyl (C=O) groups is 3. The van der Waals surface area contributed by atoms with Crippen molar-refractivity contribution in [1.29, 1.82) is 0 Å². The molecule has 0 bridgehead atoms. The van der Waals surface area contributed by atoms with Gasteiger partial charge < -0.3 is 24.8 Å². The number of urea groups is 1. The molecule has 2 aliphatic heterocycles. The Morgan fingerprint density at radius 1 is 1.18 bits per heavy atom. The van der Waals surface area contributed by atoms with Crippen molar-refractivity contribution in [3.63, 3.8) is 0 Å². The third-order valence-corrected chi connectivity index (χ3v) is 5.56. The van der Waals surface area contributed by atoms with Gasteiger partial charge in [0.05, 0.1) is 18.7 Å². The van der Waals surface area contributed by atoms with Crippen molar-refractivity contribution in [2.24, 2.45) is 0 Å². The van der Waals surface area contributed by atoms with Crippen LogP contribution >= 0.6 is 0 Å². The maximum absolute atomic E-state index is 12.8. The molecule has 0 aliphatic carbocycles. The zero-order valence-electron chi connectivity index (χ0n) is 18.6. The lowest BCUT2D eigenvalue weighted by Crippen LogP contribution is -2.48. The van der Waals surface area contributed by atoms with Crippen molar-refractivity contribution >= 4 is 23.6 Å². The van der Waals surface area contributed by atoms with Gasteiger partial charge in [0, 0.05) is 23.5 Å². The largest absolute Gasteiger partial charge is 0.466 e. The second kappa shape index (κ2) is 9.23. The number of hydrogen-bond donors (Lipinski definition) is 2. The highest BCUT2D eigenvalue weighted by Crippen LogP contribution is 2.34. The number of hydrogen-bond acceptors (Lipinski definition) is 6. The molecule has 0 unspecified atom stereocenters. The topological polar surface area (TPSA) is 106 Å². The second-order valence-electron chi connectivity index (χ2n) is 7.67. The fraction of sp³-hybridized carbons (Fsp3) is 0.292. The number of allylic oxidation sites excluding steroid dienone is 1. The summed E-state index contributed by atoms with van der Waals surface area (Å²) >= 11 is 0. The molecular formula is C24H25N3O6. The van der Waals surface area contributed by atoms with Gasteiger partial charge in [0.1, 0.15) is 0 Å². The van der Waals surface area contributed by atoms with E-state index in [0.29, 0.717) is 46.1 Å². The van der Waals surface area contributed by atoms with Crippen LogP contribution in [0.1, 0.15) is 42.2 Å². The molecule has 2 N–H and O–H groups in total. The van der Waals surface area contributed by atoms with E-state index in [9.17, 15) is 14.4 Å². The van der Waals surface area contributed by atoms with Gasteiger partial charge >= 0.3 is 12.0 Å². The van der Waals surface area contributed by atoms with Crippen LogP contribution < -0.4 is 20.1 Å². The first kappa shape index (κ1) is 22.2. The third kappa shape index (κ3) is 4.34. The number of fused-ring (bicyclic) bond motifs is 1. The minimum absolute atomic E-state index is 0.126. The first-order valence-corrected chi connectivity index (χ1v) is 10.6. The van der Waals surface area contributed by atoms with Gasteiger partial charge in [0.2, 0.25) is 6.79 Å². The van der Waals surface area contributed by atoms with Crippen LogP contribution in [0.2, 0.25) is 0 Å². The Morgan fingerprint density at radius 2 is 1.97 bits per heavy atom. The standard InChI is InChI=1S/C24H25N3O6/c1-4-10-27-14(2)20(23(29)31-3)21(26-24(27)30)15-6-5-7-17(11-15)25-22(28)16-8-9-18-19(12-16)33-13-32-18/h5-9,11-12,21H,4,10,13H2,1-3H3,(H,25,28)(H,26,30)/t21-/m1/s1. The van der Waals surface area contributed by atoms with Gasteiger partial charge in [-0.15, -0.1) is 0 Å². The van der Waals surface area contributed by atoms with E-state index in [2.05, 4.69) is 10.6 Å². The number of ether oxygens (including phenoxy) is 3. The van der Waals surface area contributed by atoms with Crippen LogP contribution in [0.4, 0.5) is 10.5 Å². The van der Waals surface area contributed by atoms with E-state index in [4.69, 9.17) is 14.2 Å². The molecule has 3 amide bonds. The number of esters is 1. The zero-order chi connectivity index (χ0) is 23.5. The average molecular weight is 451 g/mol. The molecule has 9 heteroatoms. The van der Waals surface area contributed by atoms with Gasteiger partial charge in [0.15, 0.2) is 11.5 Å². The predicted octanol–water partition coefficient (Wildman–Crippen LogP) is 3.59. The molecule has 0 saturated heterocycles. The van der Waals surface area contributed by atoms with Crippen LogP contribution in [0.5, 0.6) is 11.5 Å². The summed E-state index contributed by atoms with van der Waals surface area (Å²) in [5.41, 5.74) is 2.47. The number of nitrogens with one attached hydrogen (secondary N) is 2. The number of carbonyl (C=O) groups excluding carboxylic acids is 3. The molecule has 172 valence electrons. The van der Waals surface area contributed by atoms with Crippen molar-refractivity contribution < 1.29 is 28.6 Å². The highest BCUT2D eigenvalue weighted by molar-refractivity contribution is 6.04. The quantitative estimate of drug-likeness (QED) is 0.650. The van der Waals surface area contributed by atoms with Crippen LogP contribution in [-0.2, 0) is 9.53 Å². The van der Waals surface area contributed by atoms with Crippen LogP contribution in [0, 0.1) is 0 Å². The Balaban J connectivity index is 1.61. The van der Waals surface area contributed by atoms with Crippen LogP contribution in [0.15, 0.2) is 53.7 Å². The maximum atomic E-state index is 12.8. The third-order valence-electron chi connectivity index (χ3n) is 5.56. The van der Waals surface area contributed by atoms with Gasteiger partial charge in [-0.2, -0.15) is 0 Å². The lowest BCUT2D eigenvalue weighted by atomic mass is 9.94. The zero-order valence-corrected chi connectivity index (χ0v) is 18.6. The molecule has 0 saturated carbocycles. The summed E-state index contributed by atoms with van der Waals surface area (Å²) in [6, 6.07) is 10.9. The summed E-state index contributed by atoms with van der Waals surface area (Å²) in [5, 5.41) is 5.74. The number of rotatable bonds is 6. The van der Waals surface area contributed by atoms with Crippen LogP contribution in [-0.4, -0.2) is 43.3 Å².